The smallest absolute Gasteiger partial charge is 0.252 e. The number of aliphatic imine (C=N–C) groups is 1. The maximum Gasteiger partial charge on any atom is 0.252 e. The Hall–Kier alpha value is -13.3. The summed E-state index contributed by atoms with van der Waals surface area (Å²) in [6, 6.07) is 116. The summed E-state index contributed by atoms with van der Waals surface area (Å²) in [5.74, 6) is 0.795. The Morgan fingerprint density at radius 1 is 0.208 bits per heavy atom. The molecule has 2 N–H and O–H groups in total. The van der Waals surface area contributed by atoms with Crippen molar-refractivity contribution in [2.75, 3.05) is 29.4 Å². The van der Waals surface area contributed by atoms with E-state index < -0.39 is 12.3 Å². The zero-order chi connectivity index (χ0) is 102. The Bertz CT molecular complexity index is 7730. The molecule has 724 valence electrons. The maximum atomic E-state index is 6.28. The lowest BCUT2D eigenvalue weighted by Gasteiger charge is -2.45. The van der Waals surface area contributed by atoms with Gasteiger partial charge in [-0.3, -0.25) is 5.32 Å². The largest absolute Gasteiger partial charge is 0.350 e. The van der Waals surface area contributed by atoms with E-state index in [1.165, 1.54) is 167 Å². The highest BCUT2D eigenvalue weighted by atomic mass is 15.3. The van der Waals surface area contributed by atoms with Crippen molar-refractivity contribution < 1.29 is 0 Å². The summed E-state index contributed by atoms with van der Waals surface area (Å²) in [5.41, 5.74) is 50.0. The van der Waals surface area contributed by atoms with Gasteiger partial charge in [-0.25, -0.2) is 4.99 Å². The lowest BCUT2D eigenvalue weighted by molar-refractivity contribution is 0.409. The van der Waals surface area contributed by atoms with E-state index in [2.05, 4.69) is 539 Å². The lowest BCUT2D eigenvalue weighted by atomic mass is 9.33. The van der Waals surface area contributed by atoms with Gasteiger partial charge in [0.25, 0.3) is 20.1 Å². The van der Waals surface area contributed by atoms with Gasteiger partial charge in [-0.1, -0.05) is 333 Å². The number of hydrogen-bond acceptors (Lipinski definition) is 9. The molecule has 0 aliphatic carbocycles. The molecular formula is C132H142B3N9. The fourth-order valence-corrected chi connectivity index (χ4v) is 23.7. The van der Waals surface area contributed by atoms with Crippen molar-refractivity contribution in [2.45, 2.75) is 269 Å². The van der Waals surface area contributed by atoms with Crippen LogP contribution >= 0.6 is 0 Å². The Balaban J connectivity index is 0.782. The first kappa shape index (κ1) is 95.6. The summed E-state index contributed by atoms with van der Waals surface area (Å²) >= 11 is 0. The second-order valence-corrected chi connectivity index (χ2v) is 51.8. The minimum absolute atomic E-state index is 0.0196. The molecule has 15 aromatic rings. The molecule has 12 heteroatoms. The Kier molecular flexibility index (Phi) is 22.2. The summed E-state index contributed by atoms with van der Waals surface area (Å²) in [5, 5.41) is 8.76. The maximum absolute atomic E-state index is 6.28. The zero-order valence-electron chi connectivity index (χ0n) is 90.7. The van der Waals surface area contributed by atoms with Gasteiger partial charge in [0.15, 0.2) is 0 Å². The molecule has 2 unspecified atom stereocenters. The van der Waals surface area contributed by atoms with Crippen LogP contribution in [0, 0.1) is 20.8 Å². The molecular weight excluding hydrogens is 1740 g/mol. The van der Waals surface area contributed by atoms with Crippen LogP contribution in [-0.4, -0.2) is 26.0 Å². The Morgan fingerprint density at radius 2 is 0.431 bits per heavy atom. The fraction of sp³-hybridized carbons (Fsp3) is 0.311. The van der Waals surface area contributed by atoms with Crippen LogP contribution in [0.1, 0.15) is 283 Å². The molecule has 0 spiro atoms. The van der Waals surface area contributed by atoms with Crippen molar-refractivity contribution >= 4 is 178 Å². The topological polar surface area (TPSA) is 55.9 Å². The molecule has 7 aliphatic rings. The van der Waals surface area contributed by atoms with Gasteiger partial charge in [0.1, 0.15) is 18.2 Å². The van der Waals surface area contributed by atoms with Crippen molar-refractivity contribution in [3.05, 3.63) is 375 Å². The Morgan fingerprint density at radius 3 is 0.688 bits per heavy atom. The van der Waals surface area contributed by atoms with E-state index in [4.69, 9.17) is 4.99 Å². The molecule has 7 aliphatic heterocycles. The van der Waals surface area contributed by atoms with Crippen LogP contribution in [0.3, 0.4) is 0 Å². The lowest BCUT2D eigenvalue weighted by Crippen LogP contribution is -2.61. The van der Waals surface area contributed by atoms with E-state index in [1.54, 1.807) is 0 Å². The number of amidine groups is 1. The minimum atomic E-state index is -0.603. The standard InChI is InChI=1S/C132H142B3N9/c1-79-67-112-118-115(70-79)142(97-55-40-88(41-56-97)127(13,14)15)109-73-82(31-61-100(109)133(118)103-76-91(130(22,23)24)46-64-106(103)139(112)94-49-34-85(35-50-94)124(4,5)6)121-136-122(83-32-62-101-110(74-83)143(98-57-42-89(43-58-98)128(16,17)18)116-71-80(2)68-113-119(116)134(101)104-77-92(131(25,26)27)47-65-107(104)140(113)95-51-36-86(37-52-95)125(7,8)9)138-123(137-121)84-33-63-102-111(75-84)144(99-59-44-90(45-60-99)129(19,20)21)117-72-81(3)69-114-120(117)135(102)105-78-93(132(28,29)30)48-66-108(105)141(114)96-53-38-87(39-54-96)126(10,11)12/h31-78,121-122,136H,1-30H3,(H,137,138). The number of rotatable bonds is 9. The molecule has 22 rings (SSSR count). The average molecular weight is 1890 g/mol. The first-order valence-corrected chi connectivity index (χ1v) is 52.6. The second kappa shape index (κ2) is 33.4. The van der Waals surface area contributed by atoms with Crippen LogP contribution in [0.4, 0.5) is 102 Å². The molecule has 0 saturated carbocycles. The molecule has 0 radical (unpaired) electrons. The summed E-state index contributed by atoms with van der Waals surface area (Å²) in [6.07, 6.45) is -1.11. The van der Waals surface area contributed by atoms with E-state index in [0.29, 0.717) is 0 Å². The van der Waals surface area contributed by atoms with Gasteiger partial charge in [0, 0.05) is 108 Å². The van der Waals surface area contributed by atoms with E-state index >= 15 is 0 Å². The van der Waals surface area contributed by atoms with Gasteiger partial charge in [-0.05, 0) is 342 Å². The molecule has 0 amide bonds. The molecule has 2 atom stereocenters. The summed E-state index contributed by atoms with van der Waals surface area (Å²) in [7, 11) is 0. The molecule has 0 bridgehead atoms. The molecule has 0 fully saturated rings. The first-order chi connectivity index (χ1) is 67.8. The number of fused-ring (bicyclic) bond motifs is 12. The van der Waals surface area contributed by atoms with Crippen molar-refractivity contribution in [3.8, 4) is 0 Å². The third-order valence-electron chi connectivity index (χ3n) is 32.0. The van der Waals surface area contributed by atoms with E-state index in [9.17, 15) is 0 Å². The quantitative estimate of drug-likeness (QED) is 0.139. The molecule has 0 saturated heterocycles. The van der Waals surface area contributed by atoms with Crippen molar-refractivity contribution in [1.82, 2.24) is 10.6 Å². The van der Waals surface area contributed by atoms with Gasteiger partial charge < -0.3 is 34.7 Å². The summed E-state index contributed by atoms with van der Waals surface area (Å²) < 4.78 is 0. The van der Waals surface area contributed by atoms with Gasteiger partial charge in [0.2, 0.25) is 0 Å². The van der Waals surface area contributed by atoms with E-state index in [0.717, 1.165) is 73.7 Å². The fourth-order valence-electron chi connectivity index (χ4n) is 23.7. The number of nitrogens with zero attached hydrogens (tertiary/aromatic N) is 7. The predicted octanol–water partition coefficient (Wildman–Crippen LogP) is 28.9. The minimum Gasteiger partial charge on any atom is -0.350 e. The highest BCUT2D eigenvalue weighted by molar-refractivity contribution is 7.02. The second-order valence-electron chi connectivity index (χ2n) is 51.8. The van der Waals surface area contributed by atoms with Crippen LogP contribution in [0.5, 0.6) is 0 Å². The summed E-state index contributed by atoms with van der Waals surface area (Å²) in [4.78, 5) is 21.8. The molecule has 0 aromatic heterocycles. The highest BCUT2D eigenvalue weighted by Gasteiger charge is 2.50. The van der Waals surface area contributed by atoms with Gasteiger partial charge in [-0.15, -0.1) is 0 Å². The first-order valence-electron chi connectivity index (χ1n) is 52.6. The van der Waals surface area contributed by atoms with Crippen molar-refractivity contribution in [3.63, 3.8) is 0 Å². The third-order valence-corrected chi connectivity index (χ3v) is 32.0. The molecule has 7 heterocycles. The number of aryl methyl sites for hydroxylation is 3. The summed E-state index contributed by atoms with van der Waals surface area (Å²) in [6.45, 7) is 69.5. The molecule has 15 aromatic carbocycles. The van der Waals surface area contributed by atoms with Crippen LogP contribution in [0.2, 0.25) is 0 Å². The SMILES string of the molecule is Cc1cc2c3c(c1)N(c1ccc(C(C)(C)C)cc1)c1cc(C4=NC(c5ccc6c(c5)N(c5ccc(C(C)(C)C)cc5)c5cc(C)cc7c5B6c5cc(C(C)(C)C)ccc5N7c5ccc(C(C)(C)C)cc5)NC(c5ccc6c(c5)N(c5ccc(C(C)(C)C)cc5)c5cc(C)cc7c5B6c5cc(C(C)(C)C)ccc5N7c5ccc(C(C)(C)C)cc5)N4)ccc1B3c1cc(C(C)(C)C)ccc1N2c1ccc(C(C)(C)C)cc1. The predicted molar refractivity (Wildman–Crippen MR) is 622 cm³/mol. The number of benzene rings is 15. The average Bonchev–Trinajstić information content (AvgIpc) is 0.700. The van der Waals surface area contributed by atoms with E-state index in [1.807, 2.05) is 0 Å². The number of anilines is 18. The monoisotopic (exact) mass is 1890 g/mol. The third kappa shape index (κ3) is 16.3. The number of nitrogens with one attached hydrogen (secondary N) is 2. The van der Waals surface area contributed by atoms with Gasteiger partial charge >= 0.3 is 0 Å². The normalized spacial score (nSPS) is 15.9. The van der Waals surface area contributed by atoms with Crippen LogP contribution in [-0.2, 0) is 48.7 Å². The van der Waals surface area contributed by atoms with Crippen LogP contribution in [0.25, 0.3) is 0 Å². The van der Waals surface area contributed by atoms with Gasteiger partial charge in [0.05, 0.1) is 0 Å². The van der Waals surface area contributed by atoms with Crippen molar-refractivity contribution in [1.29, 1.82) is 0 Å². The highest BCUT2D eigenvalue weighted by Crippen LogP contribution is 2.53. The number of hydrogen-bond donors (Lipinski definition) is 2. The van der Waals surface area contributed by atoms with E-state index in [-0.39, 0.29) is 68.9 Å². The zero-order valence-corrected chi connectivity index (χ0v) is 90.7. The van der Waals surface area contributed by atoms with Crippen LogP contribution < -0.4 is 89.2 Å². The van der Waals surface area contributed by atoms with Gasteiger partial charge in [-0.2, -0.15) is 0 Å². The van der Waals surface area contributed by atoms with Crippen molar-refractivity contribution in [2.24, 2.45) is 4.99 Å². The molecule has 144 heavy (non-hydrogen) atoms. The molecule has 9 nitrogen and oxygen atoms in total. The Labute approximate surface area is 860 Å². The van der Waals surface area contributed by atoms with Crippen LogP contribution in [0.15, 0.2) is 296 Å².